The molecule has 1 amide bonds. The fourth-order valence-electron chi connectivity index (χ4n) is 2.61. The molecular weight excluding hydrogens is 286 g/mol. The van der Waals surface area contributed by atoms with Gasteiger partial charge in [0.2, 0.25) is 5.91 Å². The number of rotatable bonds is 4. The van der Waals surface area contributed by atoms with Gasteiger partial charge in [-0.1, -0.05) is 56.8 Å². The van der Waals surface area contributed by atoms with Gasteiger partial charge in [-0.15, -0.1) is 0 Å². The summed E-state index contributed by atoms with van der Waals surface area (Å²) in [4.78, 5) is 13.6. The third-order valence-electron chi connectivity index (χ3n) is 3.66. The number of nitrogens with zero attached hydrogens (tertiary/aromatic N) is 1. The first-order valence-electron chi connectivity index (χ1n) is 8.02. The first-order valence-corrected chi connectivity index (χ1v) is 8.02. The number of fused-ring (bicyclic) bond motifs is 1. The van der Waals surface area contributed by atoms with Crippen molar-refractivity contribution in [2.24, 2.45) is 0 Å². The number of hydrogen-bond acceptors (Lipinski definition) is 2. The van der Waals surface area contributed by atoms with Crippen LogP contribution in [0.25, 0.3) is 0 Å². The van der Waals surface area contributed by atoms with E-state index < -0.39 is 0 Å². The molecule has 0 bridgehead atoms. The lowest BCUT2D eigenvalue weighted by Gasteiger charge is -2.16. The Labute approximate surface area is 138 Å². The van der Waals surface area contributed by atoms with E-state index in [4.69, 9.17) is 4.74 Å². The molecule has 0 saturated carbocycles. The van der Waals surface area contributed by atoms with Crippen molar-refractivity contribution >= 4 is 11.6 Å². The van der Waals surface area contributed by atoms with Crippen LogP contribution in [-0.4, -0.2) is 12.5 Å². The van der Waals surface area contributed by atoms with Crippen molar-refractivity contribution in [3.63, 3.8) is 0 Å². The zero-order chi connectivity index (χ0) is 16.7. The van der Waals surface area contributed by atoms with Crippen LogP contribution in [0.3, 0.4) is 0 Å². The average Bonchev–Trinajstić information content (AvgIpc) is 3.06. The van der Waals surface area contributed by atoms with Gasteiger partial charge in [0.05, 0.1) is 5.69 Å². The quantitative estimate of drug-likeness (QED) is 0.785. The van der Waals surface area contributed by atoms with Crippen molar-refractivity contribution in [1.82, 2.24) is 0 Å². The van der Waals surface area contributed by atoms with Crippen LogP contribution in [0.5, 0.6) is 5.75 Å². The molecule has 3 nitrogen and oxygen atoms in total. The summed E-state index contributed by atoms with van der Waals surface area (Å²) in [6.07, 6.45) is 2.17. The number of carbonyl (C=O) groups excluding carboxylic acids is 1. The molecule has 120 valence electrons. The monoisotopic (exact) mass is 309 g/mol. The van der Waals surface area contributed by atoms with Crippen LogP contribution in [0.15, 0.2) is 61.2 Å². The molecule has 1 aliphatic heterocycles. The molecule has 0 atom stereocenters. The molecule has 2 aromatic rings. The fourth-order valence-corrected chi connectivity index (χ4v) is 2.61. The van der Waals surface area contributed by atoms with Gasteiger partial charge in [0.15, 0.2) is 0 Å². The highest BCUT2D eigenvalue weighted by Crippen LogP contribution is 2.35. The van der Waals surface area contributed by atoms with Crippen molar-refractivity contribution in [2.75, 3.05) is 11.4 Å². The predicted molar refractivity (Wildman–Crippen MR) is 94.8 cm³/mol. The Morgan fingerprint density at radius 1 is 1.17 bits per heavy atom. The molecule has 23 heavy (non-hydrogen) atoms. The topological polar surface area (TPSA) is 29.5 Å². The Kier molecular flexibility index (Phi) is 5.98. The Balaban J connectivity index is 0.000000924. The first-order chi connectivity index (χ1) is 11.3. The smallest absolute Gasteiger partial charge is 0.250 e. The molecule has 0 fully saturated rings. The fraction of sp³-hybridized carbons (Fsp3) is 0.250. The molecule has 0 aliphatic carbocycles. The number of hydrogen-bond donors (Lipinski definition) is 0. The molecule has 1 heterocycles. The zero-order valence-corrected chi connectivity index (χ0v) is 13.8. The lowest BCUT2D eigenvalue weighted by Crippen LogP contribution is -2.26. The molecule has 0 spiro atoms. The molecule has 1 aliphatic rings. The summed E-state index contributed by atoms with van der Waals surface area (Å²) in [6.45, 7) is 8.77. The van der Waals surface area contributed by atoms with Crippen molar-refractivity contribution in [3.8, 4) is 5.75 Å². The Bertz CT molecular complexity index is 665. The number of benzene rings is 2. The third kappa shape index (κ3) is 3.81. The van der Waals surface area contributed by atoms with Gasteiger partial charge in [-0.2, -0.15) is 0 Å². The van der Waals surface area contributed by atoms with Crippen LogP contribution in [0.1, 0.15) is 25.0 Å². The minimum atomic E-state index is -0.0611. The summed E-state index contributed by atoms with van der Waals surface area (Å²) < 4.78 is 5.93. The van der Waals surface area contributed by atoms with Gasteiger partial charge in [-0.05, 0) is 30.2 Å². The average molecular weight is 309 g/mol. The summed E-state index contributed by atoms with van der Waals surface area (Å²) in [7, 11) is 0. The highest BCUT2D eigenvalue weighted by molar-refractivity contribution is 6.02. The van der Waals surface area contributed by atoms with Gasteiger partial charge < -0.3 is 9.64 Å². The van der Waals surface area contributed by atoms with Gasteiger partial charge in [-0.3, -0.25) is 4.79 Å². The zero-order valence-electron chi connectivity index (χ0n) is 13.8. The Morgan fingerprint density at radius 3 is 2.61 bits per heavy atom. The van der Waals surface area contributed by atoms with E-state index in [9.17, 15) is 4.79 Å². The summed E-state index contributed by atoms with van der Waals surface area (Å²) >= 11 is 0. The predicted octanol–water partition coefficient (Wildman–Crippen LogP) is 4.37. The minimum Gasteiger partial charge on any atom is -0.489 e. The summed E-state index contributed by atoms with van der Waals surface area (Å²) in [5.74, 6) is 0.796. The maximum Gasteiger partial charge on any atom is 0.250 e. The molecule has 0 radical (unpaired) electrons. The van der Waals surface area contributed by atoms with Crippen molar-refractivity contribution < 1.29 is 9.53 Å². The highest BCUT2D eigenvalue weighted by atomic mass is 16.5. The van der Waals surface area contributed by atoms with Crippen LogP contribution in [0.2, 0.25) is 0 Å². The van der Waals surface area contributed by atoms with E-state index in [0.717, 1.165) is 29.0 Å². The van der Waals surface area contributed by atoms with Gasteiger partial charge >= 0.3 is 0 Å². The molecule has 3 heteroatoms. The second-order valence-electron chi connectivity index (χ2n) is 4.97. The Hall–Kier alpha value is -2.55. The van der Waals surface area contributed by atoms with E-state index in [1.165, 1.54) is 6.08 Å². The van der Waals surface area contributed by atoms with E-state index in [-0.39, 0.29) is 5.91 Å². The minimum absolute atomic E-state index is 0.0611. The number of amides is 1. The maximum atomic E-state index is 11.8. The van der Waals surface area contributed by atoms with Crippen molar-refractivity contribution in [3.05, 3.63) is 72.3 Å². The van der Waals surface area contributed by atoms with Crippen LogP contribution >= 0.6 is 0 Å². The van der Waals surface area contributed by atoms with Crippen LogP contribution in [0, 0.1) is 0 Å². The third-order valence-corrected chi connectivity index (χ3v) is 3.66. The van der Waals surface area contributed by atoms with Crippen molar-refractivity contribution in [2.45, 2.75) is 26.9 Å². The van der Waals surface area contributed by atoms with E-state index in [1.54, 1.807) is 4.90 Å². The molecule has 2 aromatic carbocycles. The first kappa shape index (κ1) is 16.8. The normalized spacial score (nSPS) is 12.0. The van der Waals surface area contributed by atoms with E-state index >= 15 is 0 Å². The van der Waals surface area contributed by atoms with E-state index in [0.29, 0.717) is 13.2 Å². The van der Waals surface area contributed by atoms with E-state index in [1.807, 2.05) is 62.4 Å². The SMILES string of the molecule is C=CC(=O)N1CCc2c(OCc3ccccc3)cccc21.CC. The highest BCUT2D eigenvalue weighted by Gasteiger charge is 2.25. The maximum absolute atomic E-state index is 11.8. The lowest BCUT2D eigenvalue weighted by atomic mass is 10.1. The van der Waals surface area contributed by atoms with Crippen molar-refractivity contribution in [1.29, 1.82) is 0 Å². The van der Waals surface area contributed by atoms with Gasteiger partial charge in [0.25, 0.3) is 0 Å². The number of ether oxygens (including phenoxy) is 1. The summed E-state index contributed by atoms with van der Waals surface area (Å²) in [5.41, 5.74) is 3.17. The van der Waals surface area contributed by atoms with Crippen LogP contribution < -0.4 is 9.64 Å². The second kappa shape index (κ2) is 8.18. The lowest BCUT2D eigenvalue weighted by molar-refractivity contribution is -0.114. The van der Waals surface area contributed by atoms with Gasteiger partial charge in [-0.25, -0.2) is 0 Å². The molecule has 0 N–H and O–H groups in total. The molecule has 0 saturated heterocycles. The summed E-state index contributed by atoms with van der Waals surface area (Å²) in [6, 6.07) is 15.9. The Morgan fingerprint density at radius 2 is 1.91 bits per heavy atom. The largest absolute Gasteiger partial charge is 0.489 e. The van der Waals surface area contributed by atoms with Crippen LogP contribution in [0.4, 0.5) is 5.69 Å². The molecule has 0 unspecified atom stereocenters. The second-order valence-corrected chi connectivity index (χ2v) is 4.97. The van der Waals surface area contributed by atoms with Gasteiger partial charge in [0, 0.05) is 12.1 Å². The van der Waals surface area contributed by atoms with Gasteiger partial charge in [0.1, 0.15) is 12.4 Å². The number of anilines is 1. The summed E-state index contributed by atoms with van der Waals surface area (Å²) in [5, 5.41) is 0. The van der Waals surface area contributed by atoms with E-state index in [2.05, 4.69) is 6.58 Å². The van der Waals surface area contributed by atoms with Crippen LogP contribution in [-0.2, 0) is 17.8 Å². The number of carbonyl (C=O) groups is 1. The molecule has 3 rings (SSSR count). The standard InChI is InChI=1S/C18H17NO2.C2H6/c1-2-18(20)19-12-11-15-16(19)9-6-10-17(15)21-13-14-7-4-3-5-8-14;1-2/h2-10H,1,11-13H2;1-2H3. The molecular formula is C20H23NO2. The molecule has 0 aromatic heterocycles.